The Morgan fingerprint density at radius 1 is 1.14 bits per heavy atom. The van der Waals surface area contributed by atoms with E-state index in [4.69, 9.17) is 23.7 Å². The van der Waals surface area contributed by atoms with Crippen LogP contribution < -0.4 is 9.47 Å². The molecule has 0 spiro atoms. The number of hydrogen-bond acceptors (Lipinski definition) is 6. The Morgan fingerprint density at radius 2 is 1.86 bits per heavy atom. The first-order chi connectivity index (χ1) is 10.2. The highest BCUT2D eigenvalue weighted by atomic mass is 16.7. The van der Waals surface area contributed by atoms with E-state index in [0.717, 1.165) is 5.56 Å². The van der Waals surface area contributed by atoms with Gasteiger partial charge in [0, 0.05) is 26.7 Å². The number of allylic oxidation sites excluding steroid dienone is 1. The van der Waals surface area contributed by atoms with Crippen LogP contribution in [0, 0.1) is 0 Å². The van der Waals surface area contributed by atoms with Gasteiger partial charge in [0.1, 0.15) is 11.5 Å². The molecule has 0 saturated carbocycles. The predicted molar refractivity (Wildman–Crippen MR) is 76.1 cm³/mol. The van der Waals surface area contributed by atoms with Crippen molar-refractivity contribution in [3.05, 3.63) is 36.1 Å². The van der Waals surface area contributed by atoms with Crippen molar-refractivity contribution in [1.82, 2.24) is 0 Å². The van der Waals surface area contributed by atoms with Crippen LogP contribution in [0.3, 0.4) is 0 Å². The first-order valence-electron chi connectivity index (χ1n) is 6.36. The fraction of sp³-hybridized carbons (Fsp3) is 0.400. The van der Waals surface area contributed by atoms with Gasteiger partial charge in [-0.3, -0.25) is 4.79 Å². The zero-order chi connectivity index (χ0) is 15.5. The molecular weight excluding hydrogens is 276 g/mol. The zero-order valence-electron chi connectivity index (χ0n) is 12.5. The molecule has 0 unspecified atom stereocenters. The molecule has 0 saturated heterocycles. The summed E-state index contributed by atoms with van der Waals surface area (Å²) >= 11 is 0. The lowest BCUT2D eigenvalue weighted by Gasteiger charge is -2.12. The number of methoxy groups -OCH3 is 2. The standard InChI is InChI=1S/C15H20O6/c1-12(16)19-8-4-5-13-9-14(20-10-17-2)6-7-15(13)21-11-18-3/h4,6-9H,5,10-11H2,1-3H3/b8-4+. The van der Waals surface area contributed by atoms with Crippen molar-refractivity contribution in [2.75, 3.05) is 27.8 Å². The molecule has 1 aromatic rings. The maximum atomic E-state index is 10.7. The summed E-state index contributed by atoms with van der Waals surface area (Å²) in [5, 5.41) is 0. The second-order valence-corrected chi connectivity index (χ2v) is 4.06. The monoisotopic (exact) mass is 296 g/mol. The minimum Gasteiger partial charge on any atom is -0.468 e. The van der Waals surface area contributed by atoms with E-state index in [1.54, 1.807) is 32.4 Å². The number of carbonyl (C=O) groups is 1. The predicted octanol–water partition coefficient (Wildman–Crippen LogP) is 2.27. The third kappa shape index (κ3) is 6.78. The maximum absolute atomic E-state index is 10.7. The number of ether oxygens (including phenoxy) is 5. The lowest BCUT2D eigenvalue weighted by atomic mass is 10.1. The van der Waals surface area contributed by atoms with Crippen LogP contribution in [0.1, 0.15) is 12.5 Å². The normalized spacial score (nSPS) is 10.6. The van der Waals surface area contributed by atoms with E-state index in [9.17, 15) is 4.79 Å². The molecule has 0 amide bonds. The molecule has 0 aliphatic rings. The van der Waals surface area contributed by atoms with Crippen LogP contribution in [-0.4, -0.2) is 33.8 Å². The van der Waals surface area contributed by atoms with Crippen LogP contribution in [0.5, 0.6) is 11.5 Å². The number of carbonyl (C=O) groups excluding carboxylic acids is 1. The van der Waals surface area contributed by atoms with Gasteiger partial charge in [0.15, 0.2) is 13.6 Å². The summed E-state index contributed by atoms with van der Waals surface area (Å²) in [6, 6.07) is 5.41. The van der Waals surface area contributed by atoms with Gasteiger partial charge >= 0.3 is 5.97 Å². The van der Waals surface area contributed by atoms with Crippen LogP contribution in [-0.2, 0) is 25.4 Å². The van der Waals surface area contributed by atoms with Crippen LogP contribution >= 0.6 is 0 Å². The zero-order valence-corrected chi connectivity index (χ0v) is 12.5. The van der Waals surface area contributed by atoms with E-state index in [0.29, 0.717) is 17.9 Å². The van der Waals surface area contributed by atoms with E-state index >= 15 is 0 Å². The maximum Gasteiger partial charge on any atom is 0.307 e. The van der Waals surface area contributed by atoms with Crippen LogP contribution in [0.25, 0.3) is 0 Å². The summed E-state index contributed by atoms with van der Waals surface area (Å²) in [4.78, 5) is 10.7. The van der Waals surface area contributed by atoms with E-state index in [1.807, 2.05) is 6.07 Å². The highest BCUT2D eigenvalue weighted by molar-refractivity contribution is 5.66. The first kappa shape index (κ1) is 17.0. The first-order valence-corrected chi connectivity index (χ1v) is 6.36. The Bertz CT molecular complexity index is 469. The molecule has 0 fully saturated rings. The second kappa shape index (κ2) is 9.79. The molecule has 6 nitrogen and oxygen atoms in total. The van der Waals surface area contributed by atoms with Gasteiger partial charge in [-0.25, -0.2) is 0 Å². The molecule has 0 radical (unpaired) electrons. The summed E-state index contributed by atoms with van der Waals surface area (Å²) in [6.07, 6.45) is 3.60. The summed E-state index contributed by atoms with van der Waals surface area (Å²) < 4.78 is 25.4. The fourth-order valence-corrected chi connectivity index (χ4v) is 1.51. The van der Waals surface area contributed by atoms with Gasteiger partial charge in [0.05, 0.1) is 6.26 Å². The Balaban J connectivity index is 2.77. The third-order valence-electron chi connectivity index (χ3n) is 2.38. The van der Waals surface area contributed by atoms with Gasteiger partial charge < -0.3 is 23.7 Å². The van der Waals surface area contributed by atoms with Gasteiger partial charge in [-0.15, -0.1) is 0 Å². The third-order valence-corrected chi connectivity index (χ3v) is 2.38. The molecule has 0 heterocycles. The smallest absolute Gasteiger partial charge is 0.307 e. The van der Waals surface area contributed by atoms with Crippen molar-refractivity contribution < 1.29 is 28.5 Å². The minimum absolute atomic E-state index is 0.152. The lowest BCUT2D eigenvalue weighted by Crippen LogP contribution is -2.03. The number of hydrogen-bond donors (Lipinski definition) is 0. The number of esters is 1. The summed E-state index contributed by atoms with van der Waals surface area (Å²) in [5.74, 6) is 0.978. The number of benzene rings is 1. The molecule has 116 valence electrons. The molecule has 21 heavy (non-hydrogen) atoms. The molecule has 0 aliphatic heterocycles. The van der Waals surface area contributed by atoms with Crippen molar-refractivity contribution in [2.24, 2.45) is 0 Å². The van der Waals surface area contributed by atoms with Gasteiger partial charge in [0.2, 0.25) is 0 Å². The Kier molecular flexibility index (Phi) is 7.93. The average molecular weight is 296 g/mol. The van der Waals surface area contributed by atoms with Gasteiger partial charge in [-0.2, -0.15) is 0 Å². The van der Waals surface area contributed by atoms with E-state index in [2.05, 4.69) is 0 Å². The topological polar surface area (TPSA) is 63.2 Å². The Hall–Kier alpha value is -2.05. The van der Waals surface area contributed by atoms with Crippen LogP contribution in [0.4, 0.5) is 0 Å². The van der Waals surface area contributed by atoms with Crippen LogP contribution in [0.15, 0.2) is 30.5 Å². The van der Waals surface area contributed by atoms with Crippen molar-refractivity contribution >= 4 is 5.97 Å². The van der Waals surface area contributed by atoms with Gasteiger partial charge in [0.25, 0.3) is 0 Å². The largest absolute Gasteiger partial charge is 0.468 e. The Labute approximate surface area is 124 Å². The van der Waals surface area contributed by atoms with E-state index < -0.39 is 0 Å². The molecule has 0 N–H and O–H groups in total. The highest BCUT2D eigenvalue weighted by Gasteiger charge is 2.05. The summed E-state index contributed by atoms with van der Waals surface area (Å²) in [6.45, 7) is 1.66. The number of rotatable bonds is 9. The molecule has 0 bridgehead atoms. The Morgan fingerprint density at radius 3 is 2.52 bits per heavy atom. The average Bonchev–Trinajstić information content (AvgIpc) is 2.48. The SMILES string of the molecule is COCOc1ccc(OCOC)c(C/C=C/OC(C)=O)c1. The quantitative estimate of drug-likeness (QED) is 0.396. The molecule has 1 rings (SSSR count). The van der Waals surface area contributed by atoms with Crippen molar-refractivity contribution in [3.8, 4) is 11.5 Å². The fourth-order valence-electron chi connectivity index (χ4n) is 1.51. The summed E-state index contributed by atoms with van der Waals surface area (Å²) in [7, 11) is 3.11. The summed E-state index contributed by atoms with van der Waals surface area (Å²) in [5.41, 5.74) is 0.879. The van der Waals surface area contributed by atoms with Gasteiger partial charge in [-0.1, -0.05) is 0 Å². The second-order valence-electron chi connectivity index (χ2n) is 4.06. The van der Waals surface area contributed by atoms with E-state index in [1.165, 1.54) is 13.2 Å². The molecule has 0 aromatic heterocycles. The van der Waals surface area contributed by atoms with Gasteiger partial charge in [-0.05, 0) is 30.7 Å². The highest BCUT2D eigenvalue weighted by Crippen LogP contribution is 2.25. The van der Waals surface area contributed by atoms with Crippen LogP contribution in [0.2, 0.25) is 0 Å². The van der Waals surface area contributed by atoms with Crippen molar-refractivity contribution in [1.29, 1.82) is 0 Å². The molecular formula is C15H20O6. The van der Waals surface area contributed by atoms with Crippen molar-refractivity contribution in [3.63, 3.8) is 0 Å². The molecule has 6 heteroatoms. The molecule has 0 aliphatic carbocycles. The van der Waals surface area contributed by atoms with Crippen molar-refractivity contribution in [2.45, 2.75) is 13.3 Å². The minimum atomic E-state index is -0.362. The lowest BCUT2D eigenvalue weighted by molar-refractivity contribution is -0.135. The molecule has 1 aromatic carbocycles. The van der Waals surface area contributed by atoms with E-state index in [-0.39, 0.29) is 19.6 Å². The molecule has 0 atom stereocenters.